The van der Waals surface area contributed by atoms with Crippen molar-refractivity contribution in [2.75, 3.05) is 0 Å². The van der Waals surface area contributed by atoms with Crippen LogP contribution in [-0.2, 0) is 14.8 Å². The third-order valence-electron chi connectivity index (χ3n) is 1.79. The van der Waals surface area contributed by atoms with E-state index in [-0.39, 0.29) is 6.42 Å². The maximum atomic E-state index is 11.6. The minimum atomic E-state index is -4.09. The van der Waals surface area contributed by atoms with Gasteiger partial charge in [0.25, 0.3) is 15.7 Å². The first kappa shape index (κ1) is 13.0. The van der Waals surface area contributed by atoms with Crippen LogP contribution in [0.3, 0.4) is 0 Å². The van der Waals surface area contributed by atoms with Crippen molar-refractivity contribution < 1.29 is 18.1 Å². The maximum Gasteiger partial charge on any atom is 0.288 e. The SMILES string of the molecule is CCC(=O)NS(=O)(=O)c1cncc([N+](=O)[O-])c1. The Kier molecular flexibility index (Phi) is 3.73. The van der Waals surface area contributed by atoms with Crippen molar-refractivity contribution in [1.29, 1.82) is 0 Å². The van der Waals surface area contributed by atoms with Gasteiger partial charge >= 0.3 is 0 Å². The van der Waals surface area contributed by atoms with Crippen LogP contribution in [0.4, 0.5) is 5.69 Å². The Balaban J connectivity index is 3.11. The molecule has 1 aromatic heterocycles. The summed E-state index contributed by atoms with van der Waals surface area (Å²) in [5.41, 5.74) is -0.461. The molecule has 0 atom stereocenters. The summed E-state index contributed by atoms with van der Waals surface area (Å²) in [6.45, 7) is 1.48. The molecule has 0 spiro atoms. The summed E-state index contributed by atoms with van der Waals surface area (Å²) in [5, 5.41) is 10.4. The van der Waals surface area contributed by atoms with E-state index in [1.165, 1.54) is 6.92 Å². The van der Waals surface area contributed by atoms with Crippen LogP contribution in [-0.4, -0.2) is 24.2 Å². The lowest BCUT2D eigenvalue weighted by Crippen LogP contribution is -2.29. The van der Waals surface area contributed by atoms with Gasteiger partial charge < -0.3 is 0 Å². The van der Waals surface area contributed by atoms with Gasteiger partial charge in [-0.3, -0.25) is 19.9 Å². The molecular weight excluding hydrogens is 250 g/mol. The first-order valence-electron chi connectivity index (χ1n) is 4.52. The second-order valence-corrected chi connectivity index (χ2v) is 4.70. The lowest BCUT2D eigenvalue weighted by molar-refractivity contribution is -0.385. The molecule has 0 unspecified atom stereocenters. The van der Waals surface area contributed by atoms with Gasteiger partial charge in [-0.25, -0.2) is 13.1 Å². The number of sulfonamides is 1. The first-order valence-corrected chi connectivity index (χ1v) is 6.00. The van der Waals surface area contributed by atoms with Crippen LogP contribution < -0.4 is 4.72 Å². The molecule has 1 aromatic rings. The van der Waals surface area contributed by atoms with Crippen LogP contribution in [0.15, 0.2) is 23.4 Å². The lowest BCUT2D eigenvalue weighted by atomic mass is 10.4. The number of nitrogens with one attached hydrogen (secondary N) is 1. The van der Waals surface area contributed by atoms with Crippen molar-refractivity contribution in [2.45, 2.75) is 18.2 Å². The molecule has 0 fully saturated rings. The van der Waals surface area contributed by atoms with Gasteiger partial charge in [-0.05, 0) is 0 Å². The molecule has 1 rings (SSSR count). The number of nitrogens with zero attached hydrogens (tertiary/aromatic N) is 2. The molecule has 0 saturated carbocycles. The highest BCUT2D eigenvalue weighted by atomic mass is 32.2. The fourth-order valence-corrected chi connectivity index (χ4v) is 1.97. The number of nitro groups is 1. The summed E-state index contributed by atoms with van der Waals surface area (Å²) in [4.78, 5) is 23.7. The van der Waals surface area contributed by atoms with Gasteiger partial charge in [-0.15, -0.1) is 0 Å². The van der Waals surface area contributed by atoms with Crippen LogP contribution >= 0.6 is 0 Å². The molecule has 92 valence electrons. The van der Waals surface area contributed by atoms with Crippen molar-refractivity contribution in [3.63, 3.8) is 0 Å². The second-order valence-electron chi connectivity index (χ2n) is 3.02. The molecule has 0 radical (unpaired) electrons. The molecule has 0 aromatic carbocycles. The largest absolute Gasteiger partial charge is 0.288 e. The van der Waals surface area contributed by atoms with Crippen molar-refractivity contribution in [3.8, 4) is 0 Å². The molecule has 0 aliphatic rings. The van der Waals surface area contributed by atoms with Crippen LogP contribution in [0.2, 0.25) is 0 Å². The smallest absolute Gasteiger partial charge is 0.274 e. The van der Waals surface area contributed by atoms with Gasteiger partial charge in [0.2, 0.25) is 5.91 Å². The summed E-state index contributed by atoms with van der Waals surface area (Å²) < 4.78 is 24.9. The lowest BCUT2D eigenvalue weighted by Gasteiger charge is -2.04. The Hall–Kier alpha value is -2.03. The summed E-state index contributed by atoms with van der Waals surface area (Å²) in [6.07, 6.45) is 1.83. The molecule has 0 aliphatic heterocycles. The molecule has 0 bridgehead atoms. The van der Waals surface area contributed by atoms with E-state index in [0.29, 0.717) is 0 Å². The summed E-state index contributed by atoms with van der Waals surface area (Å²) in [7, 11) is -4.09. The fraction of sp³-hybridized carbons (Fsp3) is 0.250. The highest BCUT2D eigenvalue weighted by Gasteiger charge is 2.20. The van der Waals surface area contributed by atoms with Gasteiger partial charge in [0, 0.05) is 18.7 Å². The number of amides is 1. The van der Waals surface area contributed by atoms with E-state index in [0.717, 1.165) is 18.5 Å². The number of carbonyl (C=O) groups is 1. The Morgan fingerprint density at radius 2 is 2.18 bits per heavy atom. The Bertz CT molecular complexity index is 554. The fourth-order valence-electron chi connectivity index (χ4n) is 0.935. The van der Waals surface area contributed by atoms with E-state index in [2.05, 4.69) is 4.98 Å². The number of rotatable bonds is 4. The maximum absolute atomic E-state index is 11.6. The molecular formula is C8H9N3O5S. The van der Waals surface area contributed by atoms with Gasteiger partial charge in [-0.1, -0.05) is 6.92 Å². The molecule has 1 N–H and O–H groups in total. The first-order chi connectivity index (χ1) is 7.86. The average molecular weight is 259 g/mol. The number of aromatic nitrogens is 1. The highest BCUT2D eigenvalue weighted by molar-refractivity contribution is 7.90. The van der Waals surface area contributed by atoms with Crippen molar-refractivity contribution >= 4 is 21.6 Å². The number of hydrogen-bond acceptors (Lipinski definition) is 6. The van der Waals surface area contributed by atoms with Crippen LogP contribution in [0.1, 0.15) is 13.3 Å². The van der Waals surface area contributed by atoms with Gasteiger partial charge in [0.1, 0.15) is 11.1 Å². The predicted octanol–water partition coefficient (Wildman–Crippen LogP) is 0.205. The summed E-state index contributed by atoms with van der Waals surface area (Å²) >= 11 is 0. The third-order valence-corrected chi connectivity index (χ3v) is 3.13. The number of pyridine rings is 1. The monoisotopic (exact) mass is 259 g/mol. The molecule has 0 saturated heterocycles. The third kappa shape index (κ3) is 3.21. The standard InChI is InChI=1S/C8H9N3O5S/c1-2-8(12)10-17(15,16)7-3-6(11(13)14)4-9-5-7/h3-5H,2H2,1H3,(H,10,12). The average Bonchev–Trinajstić information content (AvgIpc) is 2.28. The van der Waals surface area contributed by atoms with Crippen molar-refractivity contribution in [2.24, 2.45) is 0 Å². The molecule has 9 heteroatoms. The van der Waals surface area contributed by atoms with E-state index >= 15 is 0 Å². The number of carbonyl (C=O) groups excluding carboxylic acids is 1. The Morgan fingerprint density at radius 1 is 1.53 bits per heavy atom. The Labute approximate surface area is 96.9 Å². The Morgan fingerprint density at radius 3 is 2.71 bits per heavy atom. The topological polar surface area (TPSA) is 119 Å². The zero-order valence-electron chi connectivity index (χ0n) is 8.78. The zero-order chi connectivity index (χ0) is 13.1. The van der Waals surface area contributed by atoms with Crippen LogP contribution in [0.5, 0.6) is 0 Å². The number of hydrogen-bond donors (Lipinski definition) is 1. The van der Waals surface area contributed by atoms with Gasteiger partial charge in [0.15, 0.2) is 0 Å². The van der Waals surface area contributed by atoms with Crippen molar-refractivity contribution in [1.82, 2.24) is 9.71 Å². The van der Waals surface area contributed by atoms with E-state index in [1.807, 2.05) is 0 Å². The van der Waals surface area contributed by atoms with Gasteiger partial charge in [0.05, 0.1) is 4.92 Å². The molecule has 17 heavy (non-hydrogen) atoms. The van der Waals surface area contributed by atoms with E-state index in [9.17, 15) is 23.3 Å². The summed E-state index contributed by atoms with van der Waals surface area (Å²) in [6, 6.07) is 0.832. The predicted molar refractivity (Wildman–Crippen MR) is 56.5 cm³/mol. The second kappa shape index (κ2) is 4.87. The summed E-state index contributed by atoms with van der Waals surface area (Å²) in [5.74, 6) is -0.698. The van der Waals surface area contributed by atoms with Crippen LogP contribution in [0, 0.1) is 10.1 Å². The van der Waals surface area contributed by atoms with E-state index in [1.54, 1.807) is 4.72 Å². The minimum absolute atomic E-state index is 0.0123. The molecule has 0 aliphatic carbocycles. The van der Waals surface area contributed by atoms with Crippen molar-refractivity contribution in [3.05, 3.63) is 28.6 Å². The minimum Gasteiger partial charge on any atom is -0.274 e. The zero-order valence-corrected chi connectivity index (χ0v) is 9.60. The van der Waals surface area contributed by atoms with E-state index in [4.69, 9.17) is 0 Å². The molecule has 1 heterocycles. The molecule has 1 amide bonds. The molecule has 8 nitrogen and oxygen atoms in total. The van der Waals surface area contributed by atoms with E-state index < -0.39 is 31.4 Å². The normalized spacial score (nSPS) is 10.9. The van der Waals surface area contributed by atoms with Gasteiger partial charge in [-0.2, -0.15) is 0 Å². The quantitative estimate of drug-likeness (QED) is 0.609. The van der Waals surface area contributed by atoms with Crippen LogP contribution in [0.25, 0.3) is 0 Å². The highest BCUT2D eigenvalue weighted by Crippen LogP contribution is 2.15.